The third-order valence-electron chi connectivity index (χ3n) is 2.13. The molecule has 0 aliphatic carbocycles. The molecule has 9 heteroatoms. The molecule has 1 aliphatic rings. The van der Waals surface area contributed by atoms with Crippen LogP contribution in [0.5, 0.6) is 0 Å². The number of ether oxygens (including phenoxy) is 2. The molecule has 0 aromatic carbocycles. The van der Waals surface area contributed by atoms with E-state index in [0.29, 0.717) is 0 Å². The third-order valence-corrected chi connectivity index (χ3v) is 2.13. The van der Waals surface area contributed by atoms with Crippen LogP contribution in [0, 0.1) is 0 Å². The Morgan fingerprint density at radius 1 is 1.29 bits per heavy atom. The van der Waals surface area contributed by atoms with Crippen molar-refractivity contribution >= 4 is 5.97 Å². The standard InChI is InChI=1S/C8H10F4O5/c1-2(13)16-7-3(9)4(14)5(15)6(17-7)8(10,11)12/h3-7,14-15H,1H3. The minimum absolute atomic E-state index is 0.843. The Morgan fingerprint density at radius 2 is 1.82 bits per heavy atom. The molecule has 100 valence electrons. The minimum Gasteiger partial charge on any atom is -0.433 e. The molecule has 0 aromatic rings. The fourth-order valence-corrected chi connectivity index (χ4v) is 1.36. The molecular weight excluding hydrogens is 252 g/mol. The van der Waals surface area contributed by atoms with Crippen LogP contribution >= 0.6 is 0 Å². The second-order valence-corrected chi connectivity index (χ2v) is 3.50. The van der Waals surface area contributed by atoms with Crippen molar-refractivity contribution in [3.8, 4) is 0 Å². The molecule has 0 saturated carbocycles. The van der Waals surface area contributed by atoms with Crippen LogP contribution in [0.3, 0.4) is 0 Å². The first-order valence-electron chi connectivity index (χ1n) is 4.54. The highest BCUT2D eigenvalue weighted by atomic mass is 19.4. The molecule has 5 atom stereocenters. The first-order chi connectivity index (χ1) is 7.64. The molecule has 0 bridgehead atoms. The van der Waals surface area contributed by atoms with Gasteiger partial charge in [-0.1, -0.05) is 0 Å². The lowest BCUT2D eigenvalue weighted by Crippen LogP contribution is -2.61. The van der Waals surface area contributed by atoms with E-state index in [-0.39, 0.29) is 0 Å². The third kappa shape index (κ3) is 3.05. The Morgan fingerprint density at radius 3 is 2.24 bits per heavy atom. The van der Waals surface area contributed by atoms with Gasteiger partial charge >= 0.3 is 12.1 Å². The smallest absolute Gasteiger partial charge is 0.417 e. The second-order valence-electron chi connectivity index (χ2n) is 3.50. The summed E-state index contributed by atoms with van der Waals surface area (Å²) in [6.07, 6.45) is -17.3. The molecular formula is C8H10F4O5. The highest BCUT2D eigenvalue weighted by molar-refractivity contribution is 5.66. The van der Waals surface area contributed by atoms with E-state index in [1.54, 1.807) is 0 Å². The van der Waals surface area contributed by atoms with Crippen LogP contribution in [0.15, 0.2) is 0 Å². The largest absolute Gasteiger partial charge is 0.433 e. The lowest BCUT2D eigenvalue weighted by molar-refractivity contribution is -0.338. The molecule has 1 aliphatic heterocycles. The number of carbonyl (C=O) groups excluding carboxylic acids is 1. The molecule has 1 saturated heterocycles. The van der Waals surface area contributed by atoms with Crippen LogP contribution < -0.4 is 0 Å². The number of carbonyl (C=O) groups is 1. The predicted molar refractivity (Wildman–Crippen MR) is 43.4 cm³/mol. The second kappa shape index (κ2) is 4.75. The summed E-state index contributed by atoms with van der Waals surface area (Å²) in [5.41, 5.74) is 0. The van der Waals surface area contributed by atoms with Gasteiger partial charge < -0.3 is 19.7 Å². The lowest BCUT2D eigenvalue weighted by atomic mass is 9.99. The summed E-state index contributed by atoms with van der Waals surface area (Å²) >= 11 is 0. The van der Waals surface area contributed by atoms with Gasteiger partial charge in [0.25, 0.3) is 0 Å². The van der Waals surface area contributed by atoms with E-state index in [1.807, 2.05) is 0 Å². The maximum absolute atomic E-state index is 13.2. The molecule has 2 N–H and O–H groups in total. The van der Waals surface area contributed by atoms with Crippen molar-refractivity contribution in [2.24, 2.45) is 0 Å². The van der Waals surface area contributed by atoms with Gasteiger partial charge in [0.1, 0.15) is 12.2 Å². The van der Waals surface area contributed by atoms with Crippen molar-refractivity contribution in [1.29, 1.82) is 0 Å². The summed E-state index contributed by atoms with van der Waals surface area (Å²) in [4.78, 5) is 10.5. The summed E-state index contributed by atoms with van der Waals surface area (Å²) < 4.78 is 58.5. The van der Waals surface area contributed by atoms with Crippen molar-refractivity contribution < 1.29 is 42.0 Å². The molecule has 1 fully saturated rings. The number of alkyl halides is 4. The molecule has 17 heavy (non-hydrogen) atoms. The van der Waals surface area contributed by atoms with E-state index in [9.17, 15) is 22.4 Å². The Hall–Kier alpha value is -0.930. The fourth-order valence-electron chi connectivity index (χ4n) is 1.36. The first kappa shape index (κ1) is 14.1. The maximum Gasteiger partial charge on any atom is 0.417 e. The number of esters is 1. The van der Waals surface area contributed by atoms with Crippen LogP contribution in [-0.4, -0.2) is 53.1 Å². The number of hydrogen-bond donors (Lipinski definition) is 2. The number of halogens is 4. The Labute approximate surface area is 92.9 Å². The van der Waals surface area contributed by atoms with Crippen molar-refractivity contribution in [2.45, 2.75) is 43.9 Å². The Balaban J connectivity index is 2.86. The van der Waals surface area contributed by atoms with E-state index >= 15 is 0 Å². The zero-order valence-corrected chi connectivity index (χ0v) is 8.52. The molecule has 5 unspecified atom stereocenters. The number of hydrogen-bond acceptors (Lipinski definition) is 5. The van der Waals surface area contributed by atoms with Crippen molar-refractivity contribution in [3.05, 3.63) is 0 Å². The first-order valence-corrected chi connectivity index (χ1v) is 4.54. The average Bonchev–Trinajstić information content (AvgIpc) is 2.16. The predicted octanol–water partition coefficient (Wildman–Crippen LogP) is -0.103. The van der Waals surface area contributed by atoms with Gasteiger partial charge in [-0.25, -0.2) is 4.39 Å². The van der Waals surface area contributed by atoms with Crippen LogP contribution in [-0.2, 0) is 14.3 Å². The van der Waals surface area contributed by atoms with Crippen LogP contribution in [0.4, 0.5) is 17.6 Å². The van der Waals surface area contributed by atoms with E-state index in [1.165, 1.54) is 0 Å². The van der Waals surface area contributed by atoms with Crippen LogP contribution in [0.2, 0.25) is 0 Å². The normalized spacial score (nSPS) is 38.9. The Bertz CT molecular complexity index is 294. The van der Waals surface area contributed by atoms with Crippen LogP contribution in [0.25, 0.3) is 0 Å². The summed E-state index contributed by atoms with van der Waals surface area (Å²) in [6, 6.07) is 0. The molecule has 0 radical (unpaired) electrons. The van der Waals surface area contributed by atoms with Crippen molar-refractivity contribution in [3.63, 3.8) is 0 Å². The average molecular weight is 262 g/mol. The van der Waals surface area contributed by atoms with E-state index in [4.69, 9.17) is 10.2 Å². The zero-order chi connectivity index (χ0) is 13.4. The maximum atomic E-state index is 13.2. The van der Waals surface area contributed by atoms with Crippen molar-refractivity contribution in [2.75, 3.05) is 0 Å². The van der Waals surface area contributed by atoms with Crippen molar-refractivity contribution in [1.82, 2.24) is 0 Å². The van der Waals surface area contributed by atoms with Gasteiger partial charge in [0, 0.05) is 6.92 Å². The Kier molecular flexibility index (Phi) is 3.95. The summed E-state index contributed by atoms with van der Waals surface area (Å²) in [7, 11) is 0. The minimum atomic E-state index is -5.01. The van der Waals surface area contributed by atoms with E-state index in [0.717, 1.165) is 6.92 Å². The highest BCUT2D eigenvalue weighted by Crippen LogP contribution is 2.34. The van der Waals surface area contributed by atoms with E-state index in [2.05, 4.69) is 9.47 Å². The van der Waals surface area contributed by atoms with Gasteiger partial charge in [0.15, 0.2) is 12.3 Å². The molecule has 0 amide bonds. The van der Waals surface area contributed by atoms with Gasteiger partial charge in [0.2, 0.25) is 6.29 Å². The molecule has 1 rings (SSSR count). The van der Waals surface area contributed by atoms with Gasteiger partial charge in [-0.05, 0) is 0 Å². The SMILES string of the molecule is CC(=O)OC1OC(C(F)(F)F)C(O)C(O)C1F. The van der Waals surface area contributed by atoms with Gasteiger partial charge in [-0.15, -0.1) is 0 Å². The zero-order valence-electron chi connectivity index (χ0n) is 8.52. The lowest BCUT2D eigenvalue weighted by Gasteiger charge is -2.39. The number of rotatable bonds is 1. The monoisotopic (exact) mass is 262 g/mol. The molecule has 0 aromatic heterocycles. The van der Waals surface area contributed by atoms with E-state index < -0.39 is 42.9 Å². The van der Waals surface area contributed by atoms with Gasteiger partial charge in [0.05, 0.1) is 0 Å². The number of aliphatic hydroxyl groups excluding tert-OH is 2. The molecule has 0 spiro atoms. The summed E-state index contributed by atoms with van der Waals surface area (Å²) in [6.45, 7) is 0.843. The van der Waals surface area contributed by atoms with Gasteiger partial charge in [-0.2, -0.15) is 13.2 Å². The molecule has 1 heterocycles. The van der Waals surface area contributed by atoms with Crippen LogP contribution in [0.1, 0.15) is 6.92 Å². The number of aliphatic hydroxyl groups is 2. The summed E-state index contributed by atoms with van der Waals surface area (Å²) in [5, 5.41) is 18.1. The highest BCUT2D eigenvalue weighted by Gasteiger charge is 2.56. The topological polar surface area (TPSA) is 76.0 Å². The fraction of sp³-hybridized carbons (Fsp3) is 0.875. The summed E-state index contributed by atoms with van der Waals surface area (Å²) in [5.74, 6) is -1.07. The van der Waals surface area contributed by atoms with Gasteiger partial charge in [-0.3, -0.25) is 4.79 Å². The molecule has 5 nitrogen and oxygen atoms in total. The quantitative estimate of drug-likeness (QED) is 0.509.